The summed E-state index contributed by atoms with van der Waals surface area (Å²) in [5.74, 6) is 0.436. The van der Waals surface area contributed by atoms with Gasteiger partial charge in [0, 0.05) is 29.7 Å². The Kier molecular flexibility index (Phi) is 4.17. The van der Waals surface area contributed by atoms with Crippen LogP contribution in [0.15, 0.2) is 60.9 Å². The Balaban J connectivity index is 2.00. The van der Waals surface area contributed by atoms with Crippen LogP contribution in [0.25, 0.3) is 5.65 Å². The van der Waals surface area contributed by atoms with Crippen LogP contribution in [0.4, 0.5) is 0 Å². The molecule has 0 fully saturated rings. The Bertz CT molecular complexity index is 1170. The summed E-state index contributed by atoms with van der Waals surface area (Å²) < 4.78 is 12.9. The van der Waals surface area contributed by atoms with Crippen LogP contribution in [0.1, 0.15) is 22.6 Å². The van der Waals surface area contributed by atoms with Crippen molar-refractivity contribution in [1.82, 2.24) is 9.38 Å². The largest absolute Gasteiger partial charge is 0.504 e. The first-order chi connectivity index (χ1) is 13.6. The van der Waals surface area contributed by atoms with Gasteiger partial charge < -0.3 is 24.7 Å². The highest BCUT2D eigenvalue weighted by Crippen LogP contribution is 2.46. The molecule has 0 aliphatic carbocycles. The number of phenolic OH excluding ortho intramolecular Hbond substituents is 1. The van der Waals surface area contributed by atoms with Crippen molar-refractivity contribution in [2.45, 2.75) is 12.3 Å². The zero-order chi connectivity index (χ0) is 19.8. The molecule has 3 N–H and O–H groups in total. The topological polar surface area (TPSA) is 106 Å². The number of pyridine rings is 1. The van der Waals surface area contributed by atoms with Gasteiger partial charge in [-0.05, 0) is 24.1 Å². The molecule has 140 valence electrons. The maximum Gasteiger partial charge on any atom is 0.205 e. The third kappa shape index (κ3) is 2.55. The van der Waals surface area contributed by atoms with Crippen molar-refractivity contribution < 1.29 is 14.6 Å². The predicted molar refractivity (Wildman–Crippen MR) is 103 cm³/mol. The number of imidazole rings is 1. The predicted octanol–water partition coefficient (Wildman–Crippen LogP) is 3.00. The quantitative estimate of drug-likeness (QED) is 0.680. The molecule has 1 aromatic carbocycles. The number of hydrogen-bond donors (Lipinski definition) is 2. The van der Waals surface area contributed by atoms with E-state index < -0.39 is 5.92 Å². The SMILES string of the molecule is C=CCc1cc(C2C(C#N)=C(N)Oc3c2ccn2ccnc32)cc(OC)c1O. The van der Waals surface area contributed by atoms with E-state index in [0.717, 1.165) is 11.1 Å². The second-order valence-electron chi connectivity index (χ2n) is 6.41. The minimum atomic E-state index is -0.478. The van der Waals surface area contributed by atoms with Gasteiger partial charge >= 0.3 is 0 Å². The molecule has 0 saturated heterocycles. The molecular weight excluding hydrogens is 356 g/mol. The number of nitriles is 1. The summed E-state index contributed by atoms with van der Waals surface area (Å²) in [6.45, 7) is 3.74. The zero-order valence-electron chi connectivity index (χ0n) is 15.2. The normalized spacial score (nSPS) is 15.6. The first kappa shape index (κ1) is 17.5. The van der Waals surface area contributed by atoms with Crippen LogP contribution in [-0.2, 0) is 6.42 Å². The number of aromatic hydroxyl groups is 1. The summed E-state index contributed by atoms with van der Waals surface area (Å²) in [4.78, 5) is 4.34. The molecule has 2 aromatic heterocycles. The molecule has 1 aliphatic heterocycles. The summed E-state index contributed by atoms with van der Waals surface area (Å²) in [6.07, 6.45) is 7.47. The third-order valence-corrected chi connectivity index (χ3v) is 4.84. The molecular formula is C21H18N4O3. The van der Waals surface area contributed by atoms with Gasteiger partial charge in [-0.2, -0.15) is 5.26 Å². The van der Waals surface area contributed by atoms with E-state index in [-0.39, 0.29) is 11.6 Å². The second-order valence-corrected chi connectivity index (χ2v) is 6.41. The summed E-state index contributed by atoms with van der Waals surface area (Å²) >= 11 is 0. The summed E-state index contributed by atoms with van der Waals surface area (Å²) in [7, 11) is 1.48. The molecule has 4 rings (SSSR count). The van der Waals surface area contributed by atoms with Crippen molar-refractivity contribution in [1.29, 1.82) is 5.26 Å². The van der Waals surface area contributed by atoms with Gasteiger partial charge in [-0.25, -0.2) is 4.98 Å². The van der Waals surface area contributed by atoms with E-state index >= 15 is 0 Å². The number of benzene rings is 1. The lowest BCUT2D eigenvalue weighted by molar-refractivity contribution is 0.370. The fraction of sp³-hybridized carbons (Fsp3) is 0.143. The van der Waals surface area contributed by atoms with Crippen LogP contribution in [0.3, 0.4) is 0 Å². The molecule has 7 heteroatoms. The van der Waals surface area contributed by atoms with Crippen molar-refractivity contribution in [3.63, 3.8) is 0 Å². The molecule has 3 aromatic rings. The minimum absolute atomic E-state index is 0.0356. The van der Waals surface area contributed by atoms with Gasteiger partial charge in [0.15, 0.2) is 22.9 Å². The lowest BCUT2D eigenvalue weighted by Crippen LogP contribution is -2.22. The molecule has 0 spiro atoms. The van der Waals surface area contributed by atoms with Gasteiger partial charge in [0.25, 0.3) is 0 Å². The maximum absolute atomic E-state index is 10.4. The van der Waals surface area contributed by atoms with Gasteiger partial charge in [0.1, 0.15) is 11.6 Å². The molecule has 7 nitrogen and oxygen atoms in total. The molecule has 0 amide bonds. The van der Waals surface area contributed by atoms with Crippen molar-refractivity contribution >= 4 is 5.65 Å². The number of phenols is 1. The number of nitrogens with two attached hydrogens (primary N) is 1. The Morgan fingerprint density at radius 1 is 1.46 bits per heavy atom. The summed E-state index contributed by atoms with van der Waals surface area (Å²) in [5, 5.41) is 20.2. The number of allylic oxidation sites excluding steroid dienone is 2. The number of aromatic nitrogens is 2. The molecule has 0 bridgehead atoms. The fourth-order valence-electron chi connectivity index (χ4n) is 3.56. The van der Waals surface area contributed by atoms with Crippen LogP contribution in [0.5, 0.6) is 17.2 Å². The van der Waals surface area contributed by atoms with Crippen LogP contribution in [0, 0.1) is 11.3 Å². The molecule has 1 atom stereocenters. The molecule has 3 heterocycles. The van der Waals surface area contributed by atoms with E-state index in [1.165, 1.54) is 7.11 Å². The van der Waals surface area contributed by atoms with Crippen molar-refractivity contribution in [2.24, 2.45) is 5.73 Å². The van der Waals surface area contributed by atoms with Gasteiger partial charge in [0.2, 0.25) is 5.88 Å². The van der Waals surface area contributed by atoms with E-state index in [9.17, 15) is 10.4 Å². The maximum atomic E-state index is 10.4. The number of rotatable bonds is 4. The second kappa shape index (κ2) is 6.67. The van der Waals surface area contributed by atoms with Gasteiger partial charge in [-0.1, -0.05) is 12.1 Å². The minimum Gasteiger partial charge on any atom is -0.504 e. The van der Waals surface area contributed by atoms with Crippen molar-refractivity contribution in [3.05, 3.63) is 77.6 Å². The Morgan fingerprint density at radius 2 is 2.29 bits per heavy atom. The highest BCUT2D eigenvalue weighted by atomic mass is 16.5. The molecule has 1 aliphatic rings. The van der Waals surface area contributed by atoms with Gasteiger partial charge in [0.05, 0.1) is 13.0 Å². The Morgan fingerprint density at radius 3 is 3.00 bits per heavy atom. The Labute approximate surface area is 161 Å². The monoisotopic (exact) mass is 374 g/mol. The van der Waals surface area contributed by atoms with Crippen molar-refractivity contribution in [3.8, 4) is 23.3 Å². The lowest BCUT2D eigenvalue weighted by atomic mass is 9.83. The smallest absolute Gasteiger partial charge is 0.205 e. The first-order valence-corrected chi connectivity index (χ1v) is 8.62. The fourth-order valence-corrected chi connectivity index (χ4v) is 3.56. The number of nitrogens with zero attached hydrogens (tertiary/aromatic N) is 3. The number of methoxy groups -OCH3 is 1. The number of fused-ring (bicyclic) bond motifs is 3. The Hall–Kier alpha value is -3.92. The van der Waals surface area contributed by atoms with Gasteiger partial charge in [-0.15, -0.1) is 6.58 Å². The van der Waals surface area contributed by atoms with Crippen LogP contribution in [-0.4, -0.2) is 21.6 Å². The standard InChI is InChI=1S/C21H18N4O3/c1-3-4-12-9-13(10-16(27-2)18(12)26)17-14-5-7-25-8-6-24-21(25)19(14)28-20(23)15(17)11-22/h3,5-10,17,26H,1,4,23H2,2H3. The van der Waals surface area contributed by atoms with E-state index in [0.29, 0.717) is 34.7 Å². The summed E-state index contributed by atoms with van der Waals surface area (Å²) in [5.41, 5.74) is 9.16. The lowest BCUT2D eigenvalue weighted by Gasteiger charge is -2.27. The average molecular weight is 374 g/mol. The highest BCUT2D eigenvalue weighted by Gasteiger charge is 2.33. The average Bonchev–Trinajstić information content (AvgIpc) is 3.18. The third-order valence-electron chi connectivity index (χ3n) is 4.84. The van der Waals surface area contributed by atoms with E-state index in [1.807, 2.05) is 22.7 Å². The molecule has 0 saturated carbocycles. The first-order valence-electron chi connectivity index (χ1n) is 8.62. The van der Waals surface area contributed by atoms with Crippen LogP contribution < -0.4 is 15.2 Å². The van der Waals surface area contributed by atoms with E-state index in [2.05, 4.69) is 17.6 Å². The van der Waals surface area contributed by atoms with E-state index in [1.54, 1.807) is 24.5 Å². The van der Waals surface area contributed by atoms with Crippen LogP contribution >= 0.6 is 0 Å². The zero-order valence-corrected chi connectivity index (χ0v) is 15.2. The van der Waals surface area contributed by atoms with Gasteiger partial charge in [-0.3, -0.25) is 0 Å². The highest BCUT2D eigenvalue weighted by molar-refractivity contribution is 5.67. The summed E-state index contributed by atoms with van der Waals surface area (Å²) in [6, 6.07) is 7.59. The van der Waals surface area contributed by atoms with Crippen LogP contribution in [0.2, 0.25) is 0 Å². The number of ether oxygens (including phenoxy) is 2. The molecule has 0 radical (unpaired) electrons. The van der Waals surface area contributed by atoms with Crippen molar-refractivity contribution in [2.75, 3.05) is 7.11 Å². The molecule has 1 unspecified atom stereocenters. The number of hydrogen-bond acceptors (Lipinski definition) is 6. The molecule has 28 heavy (non-hydrogen) atoms. The van der Waals surface area contributed by atoms with E-state index in [4.69, 9.17) is 15.2 Å².